The Balaban J connectivity index is 1.53. The summed E-state index contributed by atoms with van der Waals surface area (Å²) in [5, 5.41) is 15.5. The van der Waals surface area contributed by atoms with Gasteiger partial charge in [-0.2, -0.15) is 0 Å². The smallest absolute Gasteiger partial charge is 0.178 e. The van der Waals surface area contributed by atoms with Gasteiger partial charge in [-0.15, -0.1) is 0 Å². The van der Waals surface area contributed by atoms with Gasteiger partial charge in [0.25, 0.3) is 0 Å². The van der Waals surface area contributed by atoms with E-state index in [1.807, 2.05) is 86.9 Å². The minimum atomic E-state index is -1.50. The van der Waals surface area contributed by atoms with Gasteiger partial charge in [-0.25, -0.2) is 0 Å². The molecule has 0 saturated heterocycles. The zero-order chi connectivity index (χ0) is 36.4. The maximum atomic E-state index is 13.7. The summed E-state index contributed by atoms with van der Waals surface area (Å²) >= 11 is 0. The largest absolute Gasteiger partial charge is 0.497 e. The second-order valence-corrected chi connectivity index (χ2v) is 14.3. The molecule has 2 aliphatic rings. The van der Waals surface area contributed by atoms with Crippen molar-refractivity contribution in [1.82, 2.24) is 0 Å². The minimum Gasteiger partial charge on any atom is -0.497 e. The van der Waals surface area contributed by atoms with Crippen molar-refractivity contribution in [3.63, 3.8) is 0 Å². The Labute approximate surface area is 305 Å². The molecule has 262 valence electrons. The number of hydrogen-bond donors (Lipinski definition) is 1. The highest BCUT2D eigenvalue weighted by atomic mass is 16.5. The first-order valence-electron chi connectivity index (χ1n) is 17.5. The van der Waals surface area contributed by atoms with Crippen molar-refractivity contribution in [3.05, 3.63) is 155 Å². The fourth-order valence-corrected chi connectivity index (χ4v) is 8.37. The lowest BCUT2D eigenvalue weighted by Crippen LogP contribution is -2.49. The molecule has 6 aromatic rings. The van der Waals surface area contributed by atoms with E-state index in [1.165, 1.54) is 0 Å². The second kappa shape index (κ2) is 12.2. The van der Waals surface area contributed by atoms with Gasteiger partial charge in [-0.1, -0.05) is 92.7 Å². The Kier molecular flexibility index (Phi) is 7.85. The van der Waals surface area contributed by atoms with Gasteiger partial charge in [-0.3, -0.25) is 0 Å². The lowest BCUT2D eigenvalue weighted by atomic mass is 9.56. The molecular weight excluding hydrogens is 647 g/mol. The van der Waals surface area contributed by atoms with Crippen molar-refractivity contribution < 1.29 is 24.1 Å². The predicted molar refractivity (Wildman–Crippen MR) is 209 cm³/mol. The van der Waals surface area contributed by atoms with E-state index in [-0.39, 0.29) is 0 Å². The zero-order valence-electron chi connectivity index (χ0n) is 30.7. The average Bonchev–Trinajstić information content (AvgIpc) is 3.19. The highest BCUT2D eigenvalue weighted by molar-refractivity contribution is 6.08. The van der Waals surface area contributed by atoms with Crippen molar-refractivity contribution in [2.75, 3.05) is 40.3 Å². The van der Waals surface area contributed by atoms with E-state index in [4.69, 9.17) is 18.9 Å². The van der Waals surface area contributed by atoms with E-state index in [1.54, 1.807) is 21.3 Å². The Morgan fingerprint density at radius 1 is 0.654 bits per heavy atom. The summed E-state index contributed by atoms with van der Waals surface area (Å²) in [6.07, 6.45) is 4.29. The highest BCUT2D eigenvalue weighted by Gasteiger charge is 2.55. The molecule has 1 heterocycles. The molecule has 0 saturated carbocycles. The molecule has 1 N–H and O–H groups in total. The van der Waals surface area contributed by atoms with Crippen molar-refractivity contribution in [2.45, 2.75) is 30.5 Å². The fourth-order valence-electron chi connectivity index (χ4n) is 8.37. The van der Waals surface area contributed by atoms with Crippen LogP contribution in [0.5, 0.6) is 23.0 Å². The first-order chi connectivity index (χ1) is 25.1. The summed E-state index contributed by atoms with van der Waals surface area (Å²) in [5.74, 6) is 2.59. The zero-order valence-corrected chi connectivity index (χ0v) is 30.7. The number of benzene rings is 6. The Morgan fingerprint density at radius 3 is 1.88 bits per heavy atom. The highest BCUT2D eigenvalue weighted by Crippen LogP contribution is 2.62. The van der Waals surface area contributed by atoms with Crippen LogP contribution in [0.3, 0.4) is 0 Å². The maximum absolute atomic E-state index is 13.7. The van der Waals surface area contributed by atoms with Gasteiger partial charge in [0.15, 0.2) is 17.1 Å². The lowest BCUT2D eigenvalue weighted by molar-refractivity contribution is 0.00612. The summed E-state index contributed by atoms with van der Waals surface area (Å²) in [6, 6.07) is 39.0. The number of ether oxygens (including phenoxy) is 4. The van der Waals surface area contributed by atoms with Crippen molar-refractivity contribution in [1.29, 1.82) is 0 Å². The topological polar surface area (TPSA) is 60.4 Å². The number of aliphatic hydroxyl groups is 1. The summed E-state index contributed by atoms with van der Waals surface area (Å²) in [5.41, 5.74) is 4.96. The molecule has 0 bridgehead atoms. The van der Waals surface area contributed by atoms with Crippen LogP contribution in [-0.4, -0.2) is 40.5 Å². The number of fused-ring (bicyclic) bond motifs is 8. The van der Waals surface area contributed by atoms with E-state index in [2.05, 4.69) is 73.4 Å². The molecule has 52 heavy (non-hydrogen) atoms. The SMILES string of the molecule is COc1ccc2c3c(c4c(c2c1)OC(c1ccccc1)(c1ccc(N(C)C)cc1)C=C4)C(O)(c1ccccc1)C(C)(C)c1cc(OC)c(OC)cc1-3. The summed E-state index contributed by atoms with van der Waals surface area (Å²) in [4.78, 5) is 2.09. The molecule has 2 unspecified atom stereocenters. The van der Waals surface area contributed by atoms with Gasteiger partial charge < -0.3 is 29.0 Å². The van der Waals surface area contributed by atoms with Gasteiger partial charge in [0, 0.05) is 52.8 Å². The molecular formula is C46H43NO5. The van der Waals surface area contributed by atoms with Crippen molar-refractivity contribution in [3.8, 4) is 34.1 Å². The predicted octanol–water partition coefficient (Wildman–Crippen LogP) is 9.48. The third-order valence-electron chi connectivity index (χ3n) is 11.2. The average molecular weight is 690 g/mol. The van der Waals surface area contributed by atoms with Gasteiger partial charge >= 0.3 is 0 Å². The molecule has 1 aliphatic heterocycles. The van der Waals surface area contributed by atoms with Gasteiger partial charge in [0.1, 0.15) is 17.1 Å². The van der Waals surface area contributed by atoms with Crippen LogP contribution in [-0.2, 0) is 16.6 Å². The van der Waals surface area contributed by atoms with Crippen LogP contribution in [0, 0.1) is 0 Å². The normalized spacial score (nSPS) is 19.5. The third kappa shape index (κ3) is 4.67. The molecule has 0 aromatic heterocycles. The molecule has 8 rings (SSSR count). The van der Waals surface area contributed by atoms with E-state index < -0.39 is 16.6 Å². The van der Waals surface area contributed by atoms with E-state index in [9.17, 15) is 5.11 Å². The van der Waals surface area contributed by atoms with Crippen LogP contribution in [0.1, 0.15) is 47.2 Å². The Hall–Kier alpha value is -5.72. The molecule has 2 atom stereocenters. The van der Waals surface area contributed by atoms with E-state index >= 15 is 0 Å². The number of anilines is 1. The van der Waals surface area contributed by atoms with Gasteiger partial charge in [0.2, 0.25) is 0 Å². The molecule has 0 radical (unpaired) electrons. The first-order valence-corrected chi connectivity index (χ1v) is 17.5. The molecule has 0 amide bonds. The van der Waals surface area contributed by atoms with E-state index in [0.29, 0.717) is 23.0 Å². The van der Waals surface area contributed by atoms with Gasteiger partial charge in [-0.05, 0) is 76.2 Å². The Morgan fingerprint density at radius 2 is 1.27 bits per heavy atom. The van der Waals surface area contributed by atoms with Crippen LogP contribution < -0.4 is 23.8 Å². The minimum absolute atomic E-state index is 0.605. The fraction of sp³-hybridized carbons (Fsp3) is 0.217. The standard InChI is InChI=1S/C46H43NO5/c1-44(2)38-28-40(51-7)39(50-6)27-37(38)41-34-23-22-33(49-5)26-36(34)43-35(42(41)46(44,48)31-16-12-9-13-17-31)24-25-45(52-43,29-14-10-8-11-15-29)30-18-20-32(21-19-30)47(3)4/h8-28,48H,1-7H3. The van der Waals surface area contributed by atoms with Crippen LogP contribution in [0.15, 0.2) is 121 Å². The van der Waals surface area contributed by atoms with Crippen molar-refractivity contribution >= 4 is 22.5 Å². The number of rotatable bonds is 7. The maximum Gasteiger partial charge on any atom is 0.178 e. The summed E-state index contributed by atoms with van der Waals surface area (Å²) < 4.78 is 25.1. The molecule has 6 aromatic carbocycles. The van der Waals surface area contributed by atoms with Crippen molar-refractivity contribution in [2.24, 2.45) is 0 Å². The van der Waals surface area contributed by atoms with E-state index in [0.717, 1.165) is 61.0 Å². The molecule has 6 heteroatoms. The summed E-state index contributed by atoms with van der Waals surface area (Å²) in [7, 11) is 9.05. The molecule has 0 spiro atoms. The van der Waals surface area contributed by atoms with Crippen LogP contribution in [0.4, 0.5) is 5.69 Å². The Bertz CT molecular complexity index is 2350. The second-order valence-electron chi connectivity index (χ2n) is 14.3. The third-order valence-corrected chi connectivity index (χ3v) is 11.2. The monoisotopic (exact) mass is 689 g/mol. The van der Waals surface area contributed by atoms with Gasteiger partial charge in [0.05, 0.1) is 21.3 Å². The van der Waals surface area contributed by atoms with Crippen LogP contribution in [0.2, 0.25) is 0 Å². The van der Waals surface area contributed by atoms with Crippen LogP contribution in [0.25, 0.3) is 28.0 Å². The first kappa shape index (κ1) is 33.4. The number of nitrogens with zero attached hydrogens (tertiary/aromatic N) is 1. The number of methoxy groups -OCH3 is 3. The molecule has 0 fully saturated rings. The lowest BCUT2D eigenvalue weighted by Gasteiger charge is -2.51. The molecule has 6 nitrogen and oxygen atoms in total. The number of hydrogen-bond acceptors (Lipinski definition) is 6. The quantitative estimate of drug-likeness (QED) is 0.180. The molecule has 1 aliphatic carbocycles. The van der Waals surface area contributed by atoms with Crippen LogP contribution >= 0.6 is 0 Å². The summed E-state index contributed by atoms with van der Waals surface area (Å²) in [6.45, 7) is 4.21.